The lowest BCUT2D eigenvalue weighted by molar-refractivity contribution is -0.121. The molecule has 0 unspecified atom stereocenters. The van der Waals surface area contributed by atoms with Gasteiger partial charge in [0.05, 0.1) is 13.7 Å². The molecule has 76 valence electrons. The van der Waals surface area contributed by atoms with Crippen molar-refractivity contribution in [2.75, 3.05) is 13.7 Å². The number of hydrogen-bond acceptors (Lipinski definition) is 4. The molecule has 1 rings (SSSR count). The Morgan fingerprint density at radius 3 is 3.00 bits per heavy atom. The normalized spacial score (nSPS) is 9.86. The van der Waals surface area contributed by atoms with Crippen molar-refractivity contribution in [1.82, 2.24) is 4.98 Å². The molecule has 1 aromatic rings. The van der Waals surface area contributed by atoms with Crippen LogP contribution in [0.15, 0.2) is 18.3 Å². The van der Waals surface area contributed by atoms with Crippen LogP contribution in [0.1, 0.15) is 12.5 Å². The van der Waals surface area contributed by atoms with Crippen LogP contribution in [0, 0.1) is 0 Å². The van der Waals surface area contributed by atoms with Crippen LogP contribution >= 0.6 is 0 Å². The Morgan fingerprint density at radius 2 is 2.36 bits per heavy atom. The van der Waals surface area contributed by atoms with Crippen LogP contribution < -0.4 is 4.74 Å². The molecule has 0 aromatic carbocycles. The Balaban J connectivity index is 2.46. The quantitative estimate of drug-likeness (QED) is 0.708. The standard InChI is InChI=1S/C10H13NO3/c1-8(12)6-14-7-9-3-4-11-10(5-9)13-2/h3-5H,6-7H2,1-2H3. The highest BCUT2D eigenvalue weighted by atomic mass is 16.5. The van der Waals surface area contributed by atoms with E-state index in [4.69, 9.17) is 9.47 Å². The van der Waals surface area contributed by atoms with Crippen LogP contribution in [0.3, 0.4) is 0 Å². The number of ether oxygens (including phenoxy) is 2. The number of hydrogen-bond donors (Lipinski definition) is 0. The van der Waals surface area contributed by atoms with E-state index in [9.17, 15) is 4.79 Å². The summed E-state index contributed by atoms with van der Waals surface area (Å²) in [6.07, 6.45) is 1.64. The van der Waals surface area contributed by atoms with Crippen LogP contribution in [0.4, 0.5) is 0 Å². The predicted molar refractivity (Wildman–Crippen MR) is 51.1 cm³/mol. The van der Waals surface area contributed by atoms with E-state index in [0.717, 1.165) is 5.56 Å². The van der Waals surface area contributed by atoms with Crippen molar-refractivity contribution in [3.05, 3.63) is 23.9 Å². The van der Waals surface area contributed by atoms with E-state index in [0.29, 0.717) is 12.5 Å². The second-order valence-corrected chi connectivity index (χ2v) is 2.90. The molecule has 0 saturated carbocycles. The van der Waals surface area contributed by atoms with Gasteiger partial charge in [-0.2, -0.15) is 0 Å². The van der Waals surface area contributed by atoms with E-state index in [1.807, 2.05) is 6.07 Å². The number of ketones is 1. The van der Waals surface area contributed by atoms with E-state index in [1.165, 1.54) is 6.92 Å². The molecule has 0 aliphatic heterocycles. The largest absolute Gasteiger partial charge is 0.481 e. The summed E-state index contributed by atoms with van der Waals surface area (Å²) in [5.41, 5.74) is 0.943. The number of carbonyl (C=O) groups is 1. The Bertz CT molecular complexity index is 312. The SMILES string of the molecule is COc1cc(COCC(C)=O)ccn1. The smallest absolute Gasteiger partial charge is 0.213 e. The number of Topliss-reactive ketones (excluding diaryl/α,β-unsaturated/α-hetero) is 1. The third-order valence-electron chi connectivity index (χ3n) is 1.58. The van der Waals surface area contributed by atoms with E-state index in [2.05, 4.69) is 4.98 Å². The van der Waals surface area contributed by atoms with Gasteiger partial charge in [-0.1, -0.05) is 0 Å². The molecule has 0 bridgehead atoms. The molecule has 0 fully saturated rings. The van der Waals surface area contributed by atoms with E-state index in [1.54, 1.807) is 19.4 Å². The minimum absolute atomic E-state index is 0.0195. The number of nitrogens with zero attached hydrogens (tertiary/aromatic N) is 1. The van der Waals surface area contributed by atoms with E-state index >= 15 is 0 Å². The molecule has 4 nitrogen and oxygen atoms in total. The molecule has 0 N–H and O–H groups in total. The maximum absolute atomic E-state index is 10.6. The molecule has 0 aliphatic rings. The molecule has 0 radical (unpaired) electrons. The van der Waals surface area contributed by atoms with Crippen molar-refractivity contribution in [3.8, 4) is 5.88 Å². The molecular weight excluding hydrogens is 182 g/mol. The summed E-state index contributed by atoms with van der Waals surface area (Å²) in [7, 11) is 1.56. The van der Waals surface area contributed by atoms with Crippen LogP contribution in [0.5, 0.6) is 5.88 Å². The van der Waals surface area contributed by atoms with E-state index < -0.39 is 0 Å². The minimum Gasteiger partial charge on any atom is -0.481 e. The minimum atomic E-state index is 0.0195. The fourth-order valence-corrected chi connectivity index (χ4v) is 0.964. The zero-order valence-corrected chi connectivity index (χ0v) is 8.32. The van der Waals surface area contributed by atoms with Crippen LogP contribution in [0.2, 0.25) is 0 Å². The summed E-state index contributed by atoms with van der Waals surface area (Å²) in [4.78, 5) is 14.6. The molecule has 0 amide bonds. The third-order valence-corrected chi connectivity index (χ3v) is 1.58. The van der Waals surface area contributed by atoms with Gasteiger partial charge in [-0.25, -0.2) is 4.98 Å². The summed E-state index contributed by atoms with van der Waals surface area (Å²) in [6, 6.07) is 3.60. The molecule has 0 atom stereocenters. The summed E-state index contributed by atoms with van der Waals surface area (Å²) in [5.74, 6) is 0.569. The second kappa shape index (κ2) is 5.34. The first kappa shape index (κ1) is 10.7. The molecular formula is C10H13NO3. The summed E-state index contributed by atoms with van der Waals surface area (Å²) < 4.78 is 10.1. The summed E-state index contributed by atoms with van der Waals surface area (Å²) >= 11 is 0. The zero-order valence-electron chi connectivity index (χ0n) is 8.32. The molecule has 1 heterocycles. The average Bonchev–Trinajstić information content (AvgIpc) is 2.18. The first-order chi connectivity index (χ1) is 6.72. The van der Waals surface area contributed by atoms with Gasteiger partial charge in [0.15, 0.2) is 5.78 Å². The Kier molecular flexibility index (Phi) is 4.07. The Hall–Kier alpha value is -1.42. The Labute approximate surface area is 82.9 Å². The van der Waals surface area contributed by atoms with Gasteiger partial charge in [0.1, 0.15) is 6.61 Å². The zero-order chi connectivity index (χ0) is 10.4. The number of pyridine rings is 1. The van der Waals surface area contributed by atoms with Crippen LogP contribution in [0.25, 0.3) is 0 Å². The predicted octanol–water partition coefficient (Wildman–Crippen LogP) is 1.20. The monoisotopic (exact) mass is 195 g/mol. The molecule has 0 spiro atoms. The van der Waals surface area contributed by atoms with Gasteiger partial charge in [0, 0.05) is 12.3 Å². The van der Waals surface area contributed by atoms with Crippen molar-refractivity contribution in [3.63, 3.8) is 0 Å². The lowest BCUT2D eigenvalue weighted by atomic mass is 10.3. The van der Waals surface area contributed by atoms with E-state index in [-0.39, 0.29) is 12.4 Å². The Morgan fingerprint density at radius 1 is 1.57 bits per heavy atom. The molecule has 4 heteroatoms. The van der Waals surface area contributed by atoms with Crippen LogP contribution in [-0.4, -0.2) is 24.5 Å². The van der Waals surface area contributed by atoms with Crippen molar-refractivity contribution >= 4 is 5.78 Å². The highest BCUT2D eigenvalue weighted by molar-refractivity contribution is 5.76. The molecule has 1 aromatic heterocycles. The second-order valence-electron chi connectivity index (χ2n) is 2.90. The summed E-state index contributed by atoms with van der Waals surface area (Å²) in [6.45, 7) is 2.04. The van der Waals surface area contributed by atoms with Gasteiger partial charge >= 0.3 is 0 Å². The third kappa shape index (κ3) is 3.53. The number of rotatable bonds is 5. The van der Waals surface area contributed by atoms with Gasteiger partial charge in [0.2, 0.25) is 5.88 Å². The number of aromatic nitrogens is 1. The van der Waals surface area contributed by atoms with Gasteiger partial charge < -0.3 is 9.47 Å². The van der Waals surface area contributed by atoms with Gasteiger partial charge in [-0.05, 0) is 18.6 Å². The molecule has 0 saturated heterocycles. The fourth-order valence-electron chi connectivity index (χ4n) is 0.964. The van der Waals surface area contributed by atoms with Gasteiger partial charge in [-0.3, -0.25) is 4.79 Å². The van der Waals surface area contributed by atoms with Gasteiger partial charge in [0.25, 0.3) is 0 Å². The maximum atomic E-state index is 10.6. The van der Waals surface area contributed by atoms with Crippen molar-refractivity contribution in [2.24, 2.45) is 0 Å². The van der Waals surface area contributed by atoms with Crippen molar-refractivity contribution in [2.45, 2.75) is 13.5 Å². The summed E-state index contributed by atoms with van der Waals surface area (Å²) in [5, 5.41) is 0. The number of methoxy groups -OCH3 is 1. The van der Waals surface area contributed by atoms with Crippen LogP contribution in [-0.2, 0) is 16.1 Å². The first-order valence-electron chi connectivity index (χ1n) is 4.28. The number of carbonyl (C=O) groups excluding carboxylic acids is 1. The van der Waals surface area contributed by atoms with Crippen molar-refractivity contribution < 1.29 is 14.3 Å². The highest BCUT2D eigenvalue weighted by Crippen LogP contribution is 2.09. The lowest BCUT2D eigenvalue weighted by Gasteiger charge is -2.03. The van der Waals surface area contributed by atoms with Crippen molar-refractivity contribution in [1.29, 1.82) is 0 Å². The first-order valence-corrected chi connectivity index (χ1v) is 4.28. The average molecular weight is 195 g/mol. The molecule has 14 heavy (non-hydrogen) atoms. The molecule has 0 aliphatic carbocycles. The highest BCUT2D eigenvalue weighted by Gasteiger charge is 1.98. The topological polar surface area (TPSA) is 48.4 Å². The van der Waals surface area contributed by atoms with Gasteiger partial charge in [-0.15, -0.1) is 0 Å². The maximum Gasteiger partial charge on any atom is 0.213 e. The fraction of sp³-hybridized carbons (Fsp3) is 0.400. The lowest BCUT2D eigenvalue weighted by Crippen LogP contribution is -2.03.